The fourth-order valence-corrected chi connectivity index (χ4v) is 5.90. The summed E-state index contributed by atoms with van der Waals surface area (Å²) in [6.07, 6.45) is 8.32. The SMILES string of the molecule is Cc1cc(/C=C/C#N)cc(C)c1Oc1nc(NC2CCN(Cc3ccc(S(N)(=O)=O)cc3)CC2)ncc1-c1ccnc(Cl)c1. The molecule has 3 heterocycles. The van der Waals surface area contributed by atoms with Gasteiger partial charge in [-0.1, -0.05) is 23.7 Å². The van der Waals surface area contributed by atoms with Crippen molar-refractivity contribution in [3.8, 4) is 28.8 Å². The molecule has 226 valence electrons. The zero-order valence-electron chi connectivity index (χ0n) is 24.4. The number of halogens is 1. The smallest absolute Gasteiger partial charge is 0.238 e. The van der Waals surface area contributed by atoms with E-state index >= 15 is 0 Å². The van der Waals surface area contributed by atoms with Gasteiger partial charge in [0.25, 0.3) is 0 Å². The third-order valence-corrected chi connectivity index (χ3v) is 8.54. The normalized spacial score (nSPS) is 14.4. The molecule has 1 saturated heterocycles. The number of nitriles is 1. The molecule has 0 atom stereocenters. The van der Waals surface area contributed by atoms with Crippen LogP contribution in [0, 0.1) is 25.2 Å². The molecule has 1 fully saturated rings. The molecule has 2 aromatic carbocycles. The van der Waals surface area contributed by atoms with E-state index in [1.165, 1.54) is 6.08 Å². The van der Waals surface area contributed by atoms with Crippen molar-refractivity contribution >= 4 is 33.6 Å². The maximum absolute atomic E-state index is 11.5. The molecule has 2 aromatic heterocycles. The summed E-state index contributed by atoms with van der Waals surface area (Å²) >= 11 is 6.20. The van der Waals surface area contributed by atoms with Gasteiger partial charge in [0.05, 0.1) is 16.5 Å². The Balaban J connectivity index is 1.32. The van der Waals surface area contributed by atoms with E-state index in [-0.39, 0.29) is 10.9 Å². The molecule has 1 aliphatic heterocycles. The number of nitrogens with zero attached hydrogens (tertiary/aromatic N) is 5. The van der Waals surface area contributed by atoms with Gasteiger partial charge in [-0.25, -0.2) is 23.5 Å². The summed E-state index contributed by atoms with van der Waals surface area (Å²) in [7, 11) is -3.70. The standard InChI is InChI=1S/C32H32ClN7O3S/c1-21-16-24(4-3-12-34)17-22(2)30(21)43-31-28(25-9-13-36-29(33)18-25)19-37-32(39-31)38-26-10-14-40(15-11-26)20-23-5-7-27(8-6-23)44(35,41)42/h3-9,13,16-19,26H,10-11,14-15,20H2,1-2H3,(H2,35,41,42)(H,37,38,39)/b4-3+. The second-order valence-electron chi connectivity index (χ2n) is 10.7. The number of nitrogens with two attached hydrogens (primary N) is 1. The number of nitrogens with one attached hydrogen (secondary N) is 1. The van der Waals surface area contributed by atoms with Gasteiger partial charge >= 0.3 is 0 Å². The molecule has 12 heteroatoms. The number of piperidine rings is 1. The van der Waals surface area contributed by atoms with Crippen molar-refractivity contribution in [2.45, 2.75) is 44.2 Å². The zero-order valence-corrected chi connectivity index (χ0v) is 25.9. The fraction of sp³-hybridized carbons (Fsp3) is 0.250. The number of pyridine rings is 1. The third-order valence-electron chi connectivity index (χ3n) is 7.40. The molecular formula is C32H32ClN7O3S. The van der Waals surface area contributed by atoms with Crippen LogP contribution in [0.3, 0.4) is 0 Å². The monoisotopic (exact) mass is 629 g/mol. The molecule has 1 aliphatic rings. The largest absolute Gasteiger partial charge is 0.438 e. The van der Waals surface area contributed by atoms with Crippen LogP contribution in [0.5, 0.6) is 11.6 Å². The summed E-state index contributed by atoms with van der Waals surface area (Å²) in [6, 6.07) is 16.4. The second kappa shape index (κ2) is 13.5. The van der Waals surface area contributed by atoms with E-state index in [9.17, 15) is 8.42 Å². The minimum atomic E-state index is -3.70. The number of benzene rings is 2. The highest BCUT2D eigenvalue weighted by molar-refractivity contribution is 7.89. The molecule has 10 nitrogen and oxygen atoms in total. The lowest BCUT2D eigenvalue weighted by Gasteiger charge is -2.32. The van der Waals surface area contributed by atoms with Crippen LogP contribution in [0.2, 0.25) is 5.15 Å². The first-order valence-corrected chi connectivity index (χ1v) is 16.0. The van der Waals surface area contributed by atoms with Crippen molar-refractivity contribution in [3.63, 3.8) is 0 Å². The van der Waals surface area contributed by atoms with Gasteiger partial charge in [0.15, 0.2) is 0 Å². The number of hydrogen-bond donors (Lipinski definition) is 2. The first kappa shape index (κ1) is 31.1. The Hall–Kier alpha value is -4.34. The average molecular weight is 630 g/mol. The van der Waals surface area contributed by atoms with Gasteiger partial charge < -0.3 is 10.1 Å². The molecule has 5 rings (SSSR count). The Labute approximate surface area is 262 Å². The number of sulfonamides is 1. The Bertz CT molecular complexity index is 1810. The molecule has 3 N–H and O–H groups in total. The number of likely N-dealkylation sites (tertiary alicyclic amines) is 1. The molecule has 0 radical (unpaired) electrons. The first-order valence-electron chi connectivity index (χ1n) is 14.0. The highest BCUT2D eigenvalue weighted by Crippen LogP contribution is 2.36. The summed E-state index contributed by atoms with van der Waals surface area (Å²) in [6.45, 7) is 6.35. The summed E-state index contributed by atoms with van der Waals surface area (Å²) in [5, 5.41) is 17.9. The van der Waals surface area contributed by atoms with Crippen LogP contribution < -0.4 is 15.2 Å². The van der Waals surface area contributed by atoms with E-state index in [0.29, 0.717) is 28.3 Å². The lowest BCUT2D eigenvalue weighted by Crippen LogP contribution is -2.39. The van der Waals surface area contributed by atoms with Gasteiger partial charge in [-0.3, -0.25) is 4.90 Å². The van der Waals surface area contributed by atoms with Gasteiger partial charge in [-0.15, -0.1) is 0 Å². The average Bonchev–Trinajstić information content (AvgIpc) is 2.99. The number of ether oxygens (including phenoxy) is 1. The second-order valence-corrected chi connectivity index (χ2v) is 12.7. The summed E-state index contributed by atoms with van der Waals surface area (Å²) < 4.78 is 29.5. The van der Waals surface area contributed by atoms with Crippen molar-refractivity contribution in [2.24, 2.45) is 5.14 Å². The van der Waals surface area contributed by atoms with Crippen LogP contribution in [0.4, 0.5) is 5.95 Å². The molecule has 0 unspecified atom stereocenters. The first-order chi connectivity index (χ1) is 21.1. The van der Waals surface area contributed by atoms with Crippen molar-refractivity contribution in [2.75, 3.05) is 18.4 Å². The number of anilines is 1. The number of hydrogen-bond acceptors (Lipinski definition) is 9. The fourth-order valence-electron chi connectivity index (χ4n) is 5.21. The van der Waals surface area contributed by atoms with Gasteiger partial charge in [-0.05, 0) is 97.0 Å². The quantitative estimate of drug-likeness (QED) is 0.171. The number of rotatable bonds is 9. The van der Waals surface area contributed by atoms with Crippen molar-refractivity contribution in [1.82, 2.24) is 19.9 Å². The van der Waals surface area contributed by atoms with Crippen LogP contribution in [-0.4, -0.2) is 47.4 Å². The maximum Gasteiger partial charge on any atom is 0.238 e. The molecule has 0 aliphatic carbocycles. The van der Waals surface area contributed by atoms with Crippen LogP contribution in [0.25, 0.3) is 17.2 Å². The van der Waals surface area contributed by atoms with Crippen molar-refractivity contribution < 1.29 is 13.2 Å². The number of aryl methyl sites for hydroxylation is 2. The summed E-state index contributed by atoms with van der Waals surface area (Å²) in [5.74, 6) is 1.53. The lowest BCUT2D eigenvalue weighted by atomic mass is 10.0. The highest BCUT2D eigenvalue weighted by Gasteiger charge is 2.22. The third kappa shape index (κ3) is 7.78. The van der Waals surface area contributed by atoms with Gasteiger partial charge in [0.2, 0.25) is 21.9 Å². The van der Waals surface area contributed by atoms with E-state index in [1.54, 1.807) is 48.8 Å². The Morgan fingerprint density at radius 2 is 1.82 bits per heavy atom. The molecule has 0 amide bonds. The van der Waals surface area contributed by atoms with Gasteiger partial charge in [0, 0.05) is 44.1 Å². The van der Waals surface area contributed by atoms with E-state index in [4.69, 9.17) is 31.7 Å². The minimum Gasteiger partial charge on any atom is -0.438 e. The topological polar surface area (TPSA) is 147 Å². The lowest BCUT2D eigenvalue weighted by molar-refractivity contribution is 0.211. The summed E-state index contributed by atoms with van der Waals surface area (Å²) in [5.41, 5.74) is 5.20. The van der Waals surface area contributed by atoms with E-state index in [1.807, 2.05) is 38.1 Å². The number of allylic oxidation sites excluding steroid dienone is 1. The zero-order chi connectivity index (χ0) is 31.3. The van der Waals surface area contributed by atoms with Crippen LogP contribution in [0.1, 0.15) is 35.1 Å². The molecule has 0 bridgehead atoms. The molecule has 44 heavy (non-hydrogen) atoms. The van der Waals surface area contributed by atoms with E-state index in [0.717, 1.165) is 60.3 Å². The van der Waals surface area contributed by atoms with Gasteiger partial charge in [-0.2, -0.15) is 10.2 Å². The predicted molar refractivity (Wildman–Crippen MR) is 171 cm³/mol. The molecule has 0 saturated carbocycles. The Morgan fingerprint density at radius 3 is 2.45 bits per heavy atom. The van der Waals surface area contributed by atoms with Crippen LogP contribution in [-0.2, 0) is 16.6 Å². The van der Waals surface area contributed by atoms with E-state index in [2.05, 4.69) is 20.2 Å². The molecule has 4 aromatic rings. The maximum atomic E-state index is 11.5. The Kier molecular flexibility index (Phi) is 9.56. The van der Waals surface area contributed by atoms with Crippen LogP contribution >= 0.6 is 11.6 Å². The molecule has 0 spiro atoms. The van der Waals surface area contributed by atoms with Crippen molar-refractivity contribution in [3.05, 3.63) is 94.4 Å². The molecular weight excluding hydrogens is 598 g/mol. The number of primary sulfonamides is 1. The Morgan fingerprint density at radius 1 is 1.11 bits per heavy atom. The van der Waals surface area contributed by atoms with Crippen molar-refractivity contribution in [1.29, 1.82) is 5.26 Å². The van der Waals surface area contributed by atoms with E-state index < -0.39 is 10.0 Å². The van der Waals surface area contributed by atoms with Gasteiger partial charge in [0.1, 0.15) is 10.9 Å². The minimum absolute atomic E-state index is 0.112. The predicted octanol–water partition coefficient (Wildman–Crippen LogP) is 5.86. The summed E-state index contributed by atoms with van der Waals surface area (Å²) in [4.78, 5) is 15.9. The highest BCUT2D eigenvalue weighted by atomic mass is 35.5. The number of aromatic nitrogens is 3. The van der Waals surface area contributed by atoms with Crippen LogP contribution in [0.15, 0.2) is 71.9 Å².